The van der Waals surface area contributed by atoms with E-state index in [1.807, 2.05) is 0 Å². The van der Waals surface area contributed by atoms with Gasteiger partial charge in [-0.1, -0.05) is 13.8 Å². The summed E-state index contributed by atoms with van der Waals surface area (Å²) in [7, 11) is 0. The highest BCUT2D eigenvalue weighted by Crippen LogP contribution is 2.77. The van der Waals surface area contributed by atoms with Gasteiger partial charge in [-0.3, -0.25) is 4.79 Å². The summed E-state index contributed by atoms with van der Waals surface area (Å²) in [5.74, 6) is 2.08. The van der Waals surface area contributed by atoms with Crippen molar-refractivity contribution in [3.8, 4) is 0 Å². The van der Waals surface area contributed by atoms with Crippen LogP contribution in [0.2, 0.25) is 0 Å². The van der Waals surface area contributed by atoms with Gasteiger partial charge in [-0.25, -0.2) is 4.79 Å². The van der Waals surface area contributed by atoms with Gasteiger partial charge in [0.1, 0.15) is 18.3 Å². The van der Waals surface area contributed by atoms with E-state index in [1.54, 1.807) is 6.08 Å². The predicted molar refractivity (Wildman–Crippen MR) is 109 cm³/mol. The topological polar surface area (TPSA) is 65.1 Å². The zero-order chi connectivity index (χ0) is 20.9. The van der Waals surface area contributed by atoms with E-state index in [2.05, 4.69) is 13.8 Å². The smallest absolute Gasteiger partial charge is 0.331 e. The third-order valence-electron chi connectivity index (χ3n) is 10.5. The summed E-state index contributed by atoms with van der Waals surface area (Å²) in [6.07, 6.45) is 11.3. The Bertz CT molecular complexity index is 833. The fraction of sp³-hybridized carbons (Fsp3) is 0.840. The van der Waals surface area contributed by atoms with Crippen LogP contribution >= 0.6 is 0 Å². The zero-order valence-corrected chi connectivity index (χ0v) is 18.4. The second-order valence-electron chi connectivity index (χ2n) is 11.5. The van der Waals surface area contributed by atoms with Crippen LogP contribution in [0.5, 0.6) is 0 Å². The van der Waals surface area contributed by atoms with E-state index in [9.17, 15) is 9.59 Å². The highest BCUT2D eigenvalue weighted by atomic mass is 16.6. The average molecular weight is 415 g/mol. The van der Waals surface area contributed by atoms with E-state index in [0.717, 1.165) is 25.7 Å². The lowest BCUT2D eigenvalue weighted by molar-refractivity contribution is -0.163. The molecule has 0 aromatic carbocycles. The molecule has 9 unspecified atom stereocenters. The number of fused-ring (bicyclic) bond motifs is 3. The van der Waals surface area contributed by atoms with Crippen LogP contribution in [0.4, 0.5) is 0 Å². The second-order valence-corrected chi connectivity index (χ2v) is 11.5. The molecule has 6 rings (SSSR count). The molecule has 4 saturated carbocycles. The van der Waals surface area contributed by atoms with Crippen LogP contribution in [0, 0.1) is 34.5 Å². The Morgan fingerprint density at radius 1 is 1.10 bits per heavy atom. The lowest BCUT2D eigenvalue weighted by atomic mass is 9.44. The van der Waals surface area contributed by atoms with E-state index in [1.165, 1.54) is 38.2 Å². The summed E-state index contributed by atoms with van der Waals surface area (Å²) >= 11 is 0. The Labute approximate surface area is 178 Å². The molecule has 0 radical (unpaired) electrons. The highest BCUT2D eigenvalue weighted by molar-refractivity contribution is 5.85. The Morgan fingerprint density at radius 2 is 1.93 bits per heavy atom. The molecule has 0 aromatic rings. The fourth-order valence-corrected chi connectivity index (χ4v) is 9.14. The van der Waals surface area contributed by atoms with Gasteiger partial charge in [0.05, 0.1) is 6.10 Å². The minimum atomic E-state index is -0.171. The third kappa shape index (κ3) is 2.33. The summed E-state index contributed by atoms with van der Waals surface area (Å²) in [4.78, 5) is 23.2. The second kappa shape index (κ2) is 6.11. The summed E-state index contributed by atoms with van der Waals surface area (Å²) in [6.45, 7) is 6.97. The molecule has 4 aliphatic carbocycles. The van der Waals surface area contributed by atoms with Crippen molar-refractivity contribution in [2.45, 2.75) is 89.9 Å². The summed E-state index contributed by atoms with van der Waals surface area (Å²) in [5, 5.41) is 0. The molecule has 2 heterocycles. The van der Waals surface area contributed by atoms with Crippen molar-refractivity contribution < 1.29 is 23.8 Å². The molecular weight excluding hydrogens is 380 g/mol. The number of carbonyl (C=O) groups excluding carboxylic acids is 2. The van der Waals surface area contributed by atoms with Crippen LogP contribution in [0.1, 0.15) is 72.1 Å². The van der Waals surface area contributed by atoms with Crippen molar-refractivity contribution in [1.82, 2.24) is 0 Å². The molecule has 164 valence electrons. The normalized spacial score (nSPS) is 53.6. The number of hydrogen-bond acceptors (Lipinski definition) is 5. The van der Waals surface area contributed by atoms with Crippen molar-refractivity contribution in [3.05, 3.63) is 11.6 Å². The first-order valence-electron chi connectivity index (χ1n) is 12.0. The van der Waals surface area contributed by atoms with Crippen molar-refractivity contribution >= 4 is 11.9 Å². The molecule has 0 N–H and O–H groups in total. The molecule has 5 nitrogen and oxygen atoms in total. The van der Waals surface area contributed by atoms with Gasteiger partial charge in [-0.2, -0.15) is 0 Å². The Hall–Kier alpha value is -1.36. The van der Waals surface area contributed by atoms with Gasteiger partial charge in [0.15, 0.2) is 0 Å². The highest BCUT2D eigenvalue weighted by Gasteiger charge is 2.80. The number of carbonyl (C=O) groups is 2. The number of epoxide rings is 1. The zero-order valence-electron chi connectivity index (χ0n) is 18.4. The van der Waals surface area contributed by atoms with Crippen molar-refractivity contribution in [3.63, 3.8) is 0 Å². The molecule has 0 amide bonds. The van der Waals surface area contributed by atoms with Crippen LogP contribution in [0.15, 0.2) is 11.6 Å². The van der Waals surface area contributed by atoms with Gasteiger partial charge in [0, 0.05) is 18.4 Å². The molecule has 1 spiro atoms. The monoisotopic (exact) mass is 414 g/mol. The van der Waals surface area contributed by atoms with Gasteiger partial charge in [-0.05, 0) is 86.0 Å². The van der Waals surface area contributed by atoms with E-state index < -0.39 is 0 Å². The molecule has 30 heavy (non-hydrogen) atoms. The quantitative estimate of drug-likeness (QED) is 0.501. The number of cyclic esters (lactones) is 1. The predicted octanol–water partition coefficient (Wildman–Crippen LogP) is 4.19. The maximum atomic E-state index is 11.7. The fourth-order valence-electron chi connectivity index (χ4n) is 9.14. The lowest BCUT2D eigenvalue weighted by Gasteiger charge is -2.61. The average Bonchev–Trinajstić information content (AvgIpc) is 3.14. The number of esters is 2. The minimum absolute atomic E-state index is 0.00771. The molecule has 9 atom stereocenters. The van der Waals surface area contributed by atoms with Gasteiger partial charge >= 0.3 is 11.9 Å². The van der Waals surface area contributed by atoms with Gasteiger partial charge in [0.2, 0.25) is 0 Å². The van der Waals surface area contributed by atoms with Crippen molar-refractivity contribution in [2.24, 2.45) is 34.5 Å². The third-order valence-corrected chi connectivity index (χ3v) is 10.5. The number of ether oxygens (including phenoxy) is 3. The first-order chi connectivity index (χ1) is 14.3. The van der Waals surface area contributed by atoms with Crippen LogP contribution < -0.4 is 0 Å². The Morgan fingerprint density at radius 3 is 2.67 bits per heavy atom. The molecule has 1 saturated heterocycles. The molecule has 0 aromatic heterocycles. The Kier molecular flexibility index (Phi) is 3.94. The standard InChI is InChI=1S/C25H34O5/c1-14(26)29-17-6-8-23(2)16(11-17)4-5-19-18(23)7-9-24(3)20(12-21-25(19,24)30-21)15-10-22(27)28-13-15/h10,16-21H,4-9,11-13H2,1-3H3. The molecular formula is C25H34O5. The van der Waals surface area contributed by atoms with Crippen molar-refractivity contribution in [1.29, 1.82) is 0 Å². The summed E-state index contributed by atoms with van der Waals surface area (Å²) in [5.41, 5.74) is 1.67. The van der Waals surface area contributed by atoms with Crippen LogP contribution in [-0.4, -0.2) is 36.4 Å². The van der Waals surface area contributed by atoms with E-state index in [-0.39, 0.29) is 29.1 Å². The van der Waals surface area contributed by atoms with Gasteiger partial charge in [0.25, 0.3) is 0 Å². The van der Waals surface area contributed by atoms with Crippen LogP contribution in [-0.2, 0) is 23.8 Å². The van der Waals surface area contributed by atoms with E-state index in [0.29, 0.717) is 41.8 Å². The maximum Gasteiger partial charge on any atom is 0.331 e. The SMILES string of the molecule is CC(=O)OC1CCC2(C)C(CCC3C2CCC2(C)C(C4=CC(=O)OC4)CC4OC432)C1. The Balaban J connectivity index is 1.27. The van der Waals surface area contributed by atoms with E-state index in [4.69, 9.17) is 14.2 Å². The first-order valence-corrected chi connectivity index (χ1v) is 12.0. The minimum Gasteiger partial charge on any atom is -0.463 e. The van der Waals surface area contributed by atoms with Crippen LogP contribution in [0.3, 0.4) is 0 Å². The van der Waals surface area contributed by atoms with Gasteiger partial charge in [-0.15, -0.1) is 0 Å². The van der Waals surface area contributed by atoms with Crippen molar-refractivity contribution in [2.75, 3.05) is 6.61 Å². The first kappa shape index (κ1) is 19.3. The van der Waals surface area contributed by atoms with E-state index >= 15 is 0 Å². The maximum absolute atomic E-state index is 11.7. The number of hydrogen-bond donors (Lipinski definition) is 0. The number of rotatable bonds is 2. The molecule has 6 aliphatic rings. The summed E-state index contributed by atoms with van der Waals surface area (Å²) in [6, 6.07) is 0. The molecule has 5 heteroatoms. The summed E-state index contributed by atoms with van der Waals surface area (Å²) < 4.78 is 17.5. The largest absolute Gasteiger partial charge is 0.463 e. The van der Waals surface area contributed by atoms with Gasteiger partial charge < -0.3 is 14.2 Å². The lowest BCUT2D eigenvalue weighted by Crippen LogP contribution is -2.58. The van der Waals surface area contributed by atoms with Crippen LogP contribution in [0.25, 0.3) is 0 Å². The molecule has 2 aliphatic heterocycles. The molecule has 5 fully saturated rings. The molecule has 0 bridgehead atoms.